The second-order valence-electron chi connectivity index (χ2n) is 8.56. The predicted molar refractivity (Wildman–Crippen MR) is 140 cm³/mol. The quantitative estimate of drug-likeness (QED) is 0.303. The van der Waals surface area contributed by atoms with Gasteiger partial charge in [-0.25, -0.2) is 13.4 Å². The molecular formula is C24H29N5O5S2. The van der Waals surface area contributed by atoms with Crippen LogP contribution in [0.2, 0.25) is 0 Å². The van der Waals surface area contributed by atoms with Crippen molar-refractivity contribution in [3.8, 4) is 0 Å². The highest BCUT2D eigenvalue weighted by atomic mass is 32.2. The fourth-order valence-electron chi connectivity index (χ4n) is 4.13. The van der Waals surface area contributed by atoms with Gasteiger partial charge >= 0.3 is 0 Å². The van der Waals surface area contributed by atoms with Crippen LogP contribution >= 0.6 is 11.3 Å². The molecule has 0 N–H and O–H groups in total. The molecule has 1 saturated heterocycles. The molecule has 0 bridgehead atoms. The predicted octanol–water partition coefficient (Wildman–Crippen LogP) is 3.98. The summed E-state index contributed by atoms with van der Waals surface area (Å²) in [6, 6.07) is 10.8. The topological polar surface area (TPSA) is 117 Å². The van der Waals surface area contributed by atoms with Gasteiger partial charge in [-0.2, -0.15) is 4.31 Å². The highest BCUT2D eigenvalue weighted by Crippen LogP contribution is 2.32. The molecule has 1 aromatic heterocycles. The molecule has 1 fully saturated rings. The largest absolute Gasteiger partial charge is 0.345 e. The normalized spacial score (nSPS) is 14.5. The molecule has 0 radical (unpaired) electrons. The van der Waals surface area contributed by atoms with Crippen LogP contribution in [0.4, 0.5) is 10.8 Å². The third-order valence-electron chi connectivity index (χ3n) is 6.26. The van der Waals surface area contributed by atoms with E-state index in [9.17, 15) is 23.3 Å². The molecule has 2 aromatic carbocycles. The van der Waals surface area contributed by atoms with Crippen molar-refractivity contribution in [2.24, 2.45) is 0 Å². The number of piperazine rings is 1. The zero-order chi connectivity index (χ0) is 25.9. The number of carbonyl (C=O) groups is 1. The Morgan fingerprint density at radius 3 is 2.42 bits per heavy atom. The molecule has 1 aliphatic heterocycles. The van der Waals surface area contributed by atoms with Gasteiger partial charge in [-0.3, -0.25) is 14.9 Å². The molecule has 4 rings (SSSR count). The van der Waals surface area contributed by atoms with Gasteiger partial charge in [0.05, 0.1) is 20.0 Å². The number of benzene rings is 2. The molecule has 3 aromatic rings. The van der Waals surface area contributed by atoms with Gasteiger partial charge in [0.2, 0.25) is 10.0 Å². The number of nitro groups is 1. The number of rotatable bonds is 9. The lowest BCUT2D eigenvalue weighted by atomic mass is 10.2. The van der Waals surface area contributed by atoms with Gasteiger partial charge in [0, 0.05) is 57.0 Å². The number of nitro benzene ring substituents is 1. The van der Waals surface area contributed by atoms with Crippen molar-refractivity contribution in [1.82, 2.24) is 14.2 Å². The number of non-ortho nitro benzene ring substituents is 1. The zero-order valence-electron chi connectivity index (χ0n) is 20.3. The maximum Gasteiger partial charge on any atom is 0.270 e. The van der Waals surface area contributed by atoms with Crippen LogP contribution in [0.1, 0.15) is 37.0 Å². The Hall–Kier alpha value is -3.09. The summed E-state index contributed by atoms with van der Waals surface area (Å²) in [7, 11) is -3.59. The Kier molecular flexibility index (Phi) is 7.86. The number of amides is 1. The Morgan fingerprint density at radius 2 is 1.81 bits per heavy atom. The van der Waals surface area contributed by atoms with Crippen molar-refractivity contribution < 1.29 is 18.1 Å². The number of unbranched alkanes of at least 4 members (excludes halogenated alkanes) is 1. The molecule has 36 heavy (non-hydrogen) atoms. The van der Waals surface area contributed by atoms with E-state index in [1.165, 1.54) is 39.9 Å². The van der Waals surface area contributed by atoms with Crippen LogP contribution < -0.4 is 4.90 Å². The van der Waals surface area contributed by atoms with Crippen molar-refractivity contribution >= 4 is 48.3 Å². The van der Waals surface area contributed by atoms with Gasteiger partial charge in [0.1, 0.15) is 0 Å². The summed E-state index contributed by atoms with van der Waals surface area (Å²) in [4.78, 5) is 32.3. The van der Waals surface area contributed by atoms with Crippen LogP contribution in [-0.4, -0.2) is 72.7 Å². The summed E-state index contributed by atoms with van der Waals surface area (Å²) >= 11 is 1.40. The van der Waals surface area contributed by atoms with E-state index in [1.54, 1.807) is 23.1 Å². The van der Waals surface area contributed by atoms with E-state index in [4.69, 9.17) is 0 Å². The lowest BCUT2D eigenvalue weighted by molar-refractivity contribution is -0.384. The fourth-order valence-corrected chi connectivity index (χ4v) is 6.67. The first kappa shape index (κ1) is 26.0. The third-order valence-corrected chi connectivity index (χ3v) is 9.33. The van der Waals surface area contributed by atoms with E-state index in [0.29, 0.717) is 50.3 Å². The van der Waals surface area contributed by atoms with E-state index in [1.807, 2.05) is 13.8 Å². The minimum atomic E-state index is -3.59. The van der Waals surface area contributed by atoms with E-state index in [0.717, 1.165) is 22.7 Å². The van der Waals surface area contributed by atoms with Gasteiger partial charge in [-0.1, -0.05) is 31.6 Å². The monoisotopic (exact) mass is 531 g/mol. The standard InChI is InChI=1S/C24H29N5O5S2/c1-3-5-12-28(4-2)36(33,34)20-9-6-18(7-10-20)23(30)26-13-15-27(16-14-26)24-25-21-11-8-19(29(31)32)17-22(21)35-24/h6-11,17H,3-5,12-16H2,1-2H3. The molecule has 0 saturated carbocycles. The van der Waals surface area contributed by atoms with Crippen molar-refractivity contribution in [1.29, 1.82) is 0 Å². The molecule has 12 heteroatoms. The molecule has 1 amide bonds. The Balaban J connectivity index is 1.40. The smallest absolute Gasteiger partial charge is 0.270 e. The van der Waals surface area contributed by atoms with Crippen LogP contribution in [-0.2, 0) is 10.0 Å². The van der Waals surface area contributed by atoms with Crippen LogP contribution in [0.25, 0.3) is 10.2 Å². The van der Waals surface area contributed by atoms with Crippen molar-refractivity contribution in [2.45, 2.75) is 31.6 Å². The van der Waals surface area contributed by atoms with E-state index in [-0.39, 0.29) is 16.5 Å². The Morgan fingerprint density at radius 1 is 1.11 bits per heavy atom. The molecule has 0 aliphatic carbocycles. The van der Waals surface area contributed by atoms with E-state index >= 15 is 0 Å². The highest BCUT2D eigenvalue weighted by molar-refractivity contribution is 7.89. The van der Waals surface area contributed by atoms with Crippen molar-refractivity contribution in [3.63, 3.8) is 0 Å². The van der Waals surface area contributed by atoms with Gasteiger partial charge in [-0.15, -0.1) is 0 Å². The Labute approximate surface area is 214 Å². The van der Waals surface area contributed by atoms with Crippen molar-refractivity contribution in [2.75, 3.05) is 44.2 Å². The summed E-state index contributed by atoms with van der Waals surface area (Å²) in [6.45, 7) is 6.89. The third kappa shape index (κ3) is 5.35. The average Bonchev–Trinajstić information content (AvgIpc) is 3.32. The molecular weight excluding hydrogens is 502 g/mol. The average molecular weight is 532 g/mol. The van der Waals surface area contributed by atoms with E-state index in [2.05, 4.69) is 9.88 Å². The van der Waals surface area contributed by atoms with Gasteiger partial charge in [0.15, 0.2) is 5.13 Å². The summed E-state index contributed by atoms with van der Waals surface area (Å²) in [5.41, 5.74) is 1.20. The maximum atomic E-state index is 13.0. The van der Waals surface area contributed by atoms with Gasteiger partial charge in [0.25, 0.3) is 11.6 Å². The zero-order valence-corrected chi connectivity index (χ0v) is 21.9. The lowest BCUT2D eigenvalue weighted by Crippen LogP contribution is -2.48. The second kappa shape index (κ2) is 10.9. The molecule has 0 unspecified atom stereocenters. The maximum absolute atomic E-state index is 13.0. The summed E-state index contributed by atoms with van der Waals surface area (Å²) in [6.07, 6.45) is 1.71. The SMILES string of the molecule is CCCCN(CC)S(=O)(=O)c1ccc(C(=O)N2CCN(c3nc4ccc([N+](=O)[O-])cc4s3)CC2)cc1. The highest BCUT2D eigenvalue weighted by Gasteiger charge is 2.26. The first-order valence-corrected chi connectivity index (χ1v) is 14.2. The molecule has 1 aliphatic rings. The van der Waals surface area contributed by atoms with Crippen LogP contribution in [0, 0.1) is 10.1 Å². The number of fused-ring (bicyclic) bond motifs is 1. The number of hydrogen-bond donors (Lipinski definition) is 0. The first-order chi connectivity index (χ1) is 17.2. The molecule has 10 nitrogen and oxygen atoms in total. The Bertz CT molecular complexity index is 1350. The summed E-state index contributed by atoms with van der Waals surface area (Å²) in [5, 5.41) is 11.8. The van der Waals surface area contributed by atoms with Crippen LogP contribution in [0.5, 0.6) is 0 Å². The second-order valence-corrected chi connectivity index (χ2v) is 11.5. The van der Waals surface area contributed by atoms with Gasteiger partial charge in [-0.05, 0) is 36.8 Å². The lowest BCUT2D eigenvalue weighted by Gasteiger charge is -2.34. The number of nitrogens with zero attached hydrogens (tertiary/aromatic N) is 5. The van der Waals surface area contributed by atoms with Crippen molar-refractivity contribution in [3.05, 3.63) is 58.1 Å². The molecule has 192 valence electrons. The van der Waals surface area contributed by atoms with E-state index < -0.39 is 14.9 Å². The fraction of sp³-hybridized carbons (Fsp3) is 0.417. The minimum Gasteiger partial charge on any atom is -0.345 e. The molecule has 0 spiro atoms. The molecule has 2 heterocycles. The number of carbonyl (C=O) groups excluding carboxylic acids is 1. The number of aromatic nitrogens is 1. The summed E-state index contributed by atoms with van der Waals surface area (Å²) < 4.78 is 28.1. The number of hydrogen-bond acceptors (Lipinski definition) is 8. The first-order valence-electron chi connectivity index (χ1n) is 11.9. The summed E-state index contributed by atoms with van der Waals surface area (Å²) in [5.74, 6) is -0.142. The number of thiazole rings is 1. The minimum absolute atomic E-state index is 0.0373. The molecule has 0 atom stereocenters. The number of anilines is 1. The number of sulfonamides is 1. The van der Waals surface area contributed by atoms with Crippen LogP contribution in [0.3, 0.4) is 0 Å². The van der Waals surface area contributed by atoms with Crippen LogP contribution in [0.15, 0.2) is 47.4 Å². The van der Waals surface area contributed by atoms with Gasteiger partial charge < -0.3 is 9.80 Å².